The number of rotatable bonds is 2. The van der Waals surface area contributed by atoms with Gasteiger partial charge in [0.1, 0.15) is 0 Å². The average Bonchev–Trinajstić information content (AvgIpc) is 2.62. The van der Waals surface area contributed by atoms with Crippen molar-refractivity contribution in [2.45, 2.75) is 39.2 Å². The number of hydrogen-bond acceptors (Lipinski definition) is 3. The Morgan fingerprint density at radius 3 is 2.00 bits per heavy atom. The molecule has 0 aromatic heterocycles. The molecule has 0 aromatic carbocycles. The van der Waals surface area contributed by atoms with Crippen LogP contribution < -0.4 is 0 Å². The lowest BCUT2D eigenvalue weighted by atomic mass is 9.77. The number of likely N-dealkylation sites (tertiary alicyclic amines) is 1. The number of nitrogens with zero attached hydrogens (tertiary/aromatic N) is 2. The van der Waals surface area contributed by atoms with E-state index in [4.69, 9.17) is 0 Å². The third-order valence-electron chi connectivity index (χ3n) is 4.46. The molecule has 0 amide bonds. The molecule has 100 valence electrons. The van der Waals surface area contributed by atoms with Crippen LogP contribution in [0.25, 0.3) is 0 Å². The zero-order valence-electron chi connectivity index (χ0n) is 11.1. The summed E-state index contributed by atoms with van der Waals surface area (Å²) in [6.07, 6.45) is 4.68. The maximum Gasteiger partial charge on any atom is 0.211 e. The Balaban J connectivity index is 1.97. The van der Waals surface area contributed by atoms with E-state index >= 15 is 0 Å². The van der Waals surface area contributed by atoms with Crippen LogP contribution in [-0.2, 0) is 10.0 Å². The van der Waals surface area contributed by atoms with Crippen molar-refractivity contribution in [3.63, 3.8) is 0 Å². The van der Waals surface area contributed by atoms with E-state index in [0.717, 1.165) is 45.4 Å². The molecule has 2 aliphatic rings. The van der Waals surface area contributed by atoms with Gasteiger partial charge in [0, 0.05) is 19.1 Å². The summed E-state index contributed by atoms with van der Waals surface area (Å²) in [6.45, 7) is 8.17. The molecule has 0 aliphatic carbocycles. The minimum Gasteiger partial charge on any atom is -0.301 e. The van der Waals surface area contributed by atoms with Crippen LogP contribution in [0, 0.1) is 5.41 Å². The Labute approximate surface area is 105 Å². The lowest BCUT2D eigenvalue weighted by molar-refractivity contribution is 0.0922. The summed E-state index contributed by atoms with van der Waals surface area (Å²) in [5.41, 5.74) is 0.272. The highest BCUT2D eigenvalue weighted by atomic mass is 32.2. The van der Waals surface area contributed by atoms with Gasteiger partial charge >= 0.3 is 0 Å². The van der Waals surface area contributed by atoms with Crippen LogP contribution in [-0.4, -0.2) is 56.1 Å². The van der Waals surface area contributed by atoms with Crippen molar-refractivity contribution in [3.8, 4) is 0 Å². The van der Waals surface area contributed by atoms with Crippen LogP contribution >= 0.6 is 0 Å². The molecule has 4 nitrogen and oxygen atoms in total. The van der Waals surface area contributed by atoms with E-state index in [9.17, 15) is 8.42 Å². The Morgan fingerprint density at radius 2 is 1.59 bits per heavy atom. The molecule has 5 heteroatoms. The summed E-state index contributed by atoms with van der Waals surface area (Å²) < 4.78 is 24.8. The van der Waals surface area contributed by atoms with Crippen molar-refractivity contribution in [1.29, 1.82) is 0 Å². The Morgan fingerprint density at radius 1 is 1.06 bits per heavy atom. The molecule has 17 heavy (non-hydrogen) atoms. The predicted molar refractivity (Wildman–Crippen MR) is 69.4 cm³/mol. The van der Waals surface area contributed by atoms with E-state index in [2.05, 4.69) is 18.7 Å². The molecule has 1 spiro atoms. The van der Waals surface area contributed by atoms with Crippen LogP contribution in [0.4, 0.5) is 0 Å². The first-order chi connectivity index (χ1) is 7.82. The quantitative estimate of drug-likeness (QED) is 0.747. The van der Waals surface area contributed by atoms with Gasteiger partial charge in [0.05, 0.1) is 6.26 Å². The maximum atomic E-state index is 11.5. The van der Waals surface area contributed by atoms with Crippen LogP contribution in [0.2, 0.25) is 0 Å². The first kappa shape index (κ1) is 13.3. The van der Waals surface area contributed by atoms with Gasteiger partial charge in [-0.15, -0.1) is 0 Å². The number of piperidine rings is 1. The molecule has 0 unspecified atom stereocenters. The SMILES string of the molecule is CC(C)N1CCC2(CC1)CCN(S(C)(=O)=O)C2. The van der Waals surface area contributed by atoms with Crippen molar-refractivity contribution in [2.24, 2.45) is 5.41 Å². The third kappa shape index (κ3) is 2.83. The van der Waals surface area contributed by atoms with Crippen molar-refractivity contribution in [1.82, 2.24) is 9.21 Å². The molecule has 0 aromatic rings. The highest BCUT2D eigenvalue weighted by molar-refractivity contribution is 7.88. The average molecular weight is 260 g/mol. The van der Waals surface area contributed by atoms with Crippen LogP contribution in [0.5, 0.6) is 0 Å². The highest BCUT2D eigenvalue weighted by Crippen LogP contribution is 2.41. The smallest absolute Gasteiger partial charge is 0.211 e. The molecule has 2 saturated heterocycles. The fourth-order valence-corrected chi connectivity index (χ4v) is 4.03. The summed E-state index contributed by atoms with van der Waals surface area (Å²) in [7, 11) is -2.99. The van der Waals surface area contributed by atoms with Gasteiger partial charge in [-0.05, 0) is 51.6 Å². The third-order valence-corrected chi connectivity index (χ3v) is 5.71. The molecule has 2 heterocycles. The number of sulfonamides is 1. The molecule has 0 N–H and O–H groups in total. The molecule has 0 bridgehead atoms. The number of hydrogen-bond donors (Lipinski definition) is 0. The highest BCUT2D eigenvalue weighted by Gasteiger charge is 2.43. The summed E-state index contributed by atoms with van der Waals surface area (Å²) >= 11 is 0. The zero-order chi connectivity index (χ0) is 12.7. The monoisotopic (exact) mass is 260 g/mol. The van der Waals surface area contributed by atoms with Gasteiger partial charge in [0.2, 0.25) is 10.0 Å². The summed E-state index contributed by atoms with van der Waals surface area (Å²) in [4.78, 5) is 2.49. The lowest BCUT2D eigenvalue weighted by Gasteiger charge is -2.41. The Kier molecular flexibility index (Phi) is 3.54. The fourth-order valence-electron chi connectivity index (χ4n) is 3.10. The van der Waals surface area contributed by atoms with Gasteiger partial charge in [-0.2, -0.15) is 0 Å². The van der Waals surface area contributed by atoms with Gasteiger partial charge in [-0.25, -0.2) is 12.7 Å². The van der Waals surface area contributed by atoms with E-state index < -0.39 is 10.0 Å². The molecule has 2 rings (SSSR count). The first-order valence-corrected chi connectivity index (χ1v) is 8.36. The van der Waals surface area contributed by atoms with Crippen molar-refractivity contribution < 1.29 is 8.42 Å². The second-order valence-electron chi connectivity index (χ2n) is 5.98. The molecule has 2 fully saturated rings. The molecule has 0 saturated carbocycles. The van der Waals surface area contributed by atoms with E-state index in [1.54, 1.807) is 4.31 Å². The second-order valence-corrected chi connectivity index (χ2v) is 7.96. The first-order valence-electron chi connectivity index (χ1n) is 6.52. The van der Waals surface area contributed by atoms with E-state index in [1.165, 1.54) is 6.26 Å². The molecule has 2 aliphatic heterocycles. The van der Waals surface area contributed by atoms with E-state index in [0.29, 0.717) is 6.04 Å². The van der Waals surface area contributed by atoms with Crippen molar-refractivity contribution in [3.05, 3.63) is 0 Å². The van der Waals surface area contributed by atoms with Crippen LogP contribution in [0.15, 0.2) is 0 Å². The normalized spacial score (nSPS) is 27.1. The minimum atomic E-state index is -2.99. The van der Waals surface area contributed by atoms with E-state index in [1.807, 2.05) is 0 Å². The van der Waals surface area contributed by atoms with Gasteiger partial charge < -0.3 is 4.90 Å². The molecular formula is C12H24N2O2S. The van der Waals surface area contributed by atoms with Crippen molar-refractivity contribution in [2.75, 3.05) is 32.4 Å². The van der Waals surface area contributed by atoms with Gasteiger partial charge in [-0.1, -0.05) is 0 Å². The van der Waals surface area contributed by atoms with Crippen LogP contribution in [0.3, 0.4) is 0 Å². The molecule has 0 radical (unpaired) electrons. The van der Waals surface area contributed by atoms with Crippen LogP contribution in [0.1, 0.15) is 33.1 Å². The lowest BCUT2D eigenvalue weighted by Crippen LogP contribution is -2.44. The standard InChI is InChI=1S/C12H24N2O2S/c1-11(2)13-7-4-12(5-8-13)6-9-14(10-12)17(3,15)16/h11H,4-10H2,1-3H3. The summed E-state index contributed by atoms with van der Waals surface area (Å²) in [5.74, 6) is 0. The van der Waals surface area contributed by atoms with Crippen molar-refractivity contribution >= 4 is 10.0 Å². The molecular weight excluding hydrogens is 236 g/mol. The van der Waals surface area contributed by atoms with Gasteiger partial charge in [0.15, 0.2) is 0 Å². The minimum absolute atomic E-state index is 0.272. The van der Waals surface area contributed by atoms with Gasteiger partial charge in [0.25, 0.3) is 0 Å². The van der Waals surface area contributed by atoms with E-state index in [-0.39, 0.29) is 5.41 Å². The topological polar surface area (TPSA) is 40.6 Å². The maximum absolute atomic E-state index is 11.5. The Bertz CT molecular complexity index is 370. The largest absolute Gasteiger partial charge is 0.301 e. The summed E-state index contributed by atoms with van der Waals surface area (Å²) in [5, 5.41) is 0. The molecule has 0 atom stereocenters. The van der Waals surface area contributed by atoms with Gasteiger partial charge in [-0.3, -0.25) is 0 Å². The second kappa shape index (κ2) is 4.52. The zero-order valence-corrected chi connectivity index (χ0v) is 12.0. The fraction of sp³-hybridized carbons (Fsp3) is 1.00. The Hall–Kier alpha value is -0.130. The predicted octanol–water partition coefficient (Wildman–Crippen LogP) is 1.14. The summed E-state index contributed by atoms with van der Waals surface area (Å²) in [6, 6.07) is 0.611.